The second-order valence-electron chi connectivity index (χ2n) is 2.86. The lowest BCUT2D eigenvalue weighted by molar-refractivity contribution is 0.615. The Kier molecular flexibility index (Phi) is 2.46. The highest BCUT2D eigenvalue weighted by Crippen LogP contribution is 2.20. The molecule has 0 N–H and O–H groups in total. The fraction of sp³-hybridized carbons (Fsp3) is 0.100. The van der Waals surface area contributed by atoms with E-state index in [9.17, 15) is 8.78 Å². The number of benzene rings is 1. The number of nitrogens with zero attached hydrogens (tertiary/aromatic N) is 1. The Balaban J connectivity index is 2.80. The van der Waals surface area contributed by atoms with Gasteiger partial charge in [-0.1, -0.05) is 15.9 Å². The van der Waals surface area contributed by atoms with E-state index in [1.807, 2.05) is 0 Å². The predicted molar refractivity (Wildman–Crippen MR) is 54.3 cm³/mol. The summed E-state index contributed by atoms with van der Waals surface area (Å²) in [6, 6.07) is 5.40. The van der Waals surface area contributed by atoms with Gasteiger partial charge < -0.3 is 0 Å². The SMILES string of the molecule is Fc1ccc(F)c2nc(CBr)ccc12. The van der Waals surface area contributed by atoms with E-state index in [2.05, 4.69) is 20.9 Å². The molecule has 2 rings (SSSR count). The first-order valence-corrected chi connectivity index (χ1v) is 5.14. The van der Waals surface area contributed by atoms with Gasteiger partial charge in [0.15, 0.2) is 0 Å². The Labute approximate surface area is 87.9 Å². The zero-order valence-corrected chi connectivity index (χ0v) is 8.68. The molecular weight excluding hydrogens is 252 g/mol. The largest absolute Gasteiger partial charge is 0.249 e. The number of halogens is 3. The van der Waals surface area contributed by atoms with Gasteiger partial charge in [-0.15, -0.1) is 0 Å². The molecule has 0 atom stereocenters. The molecule has 0 unspecified atom stereocenters. The van der Waals surface area contributed by atoms with E-state index in [-0.39, 0.29) is 10.9 Å². The molecule has 2 aromatic rings. The number of alkyl halides is 1. The molecule has 0 aliphatic heterocycles. The number of hydrogen-bond acceptors (Lipinski definition) is 1. The van der Waals surface area contributed by atoms with Crippen molar-refractivity contribution in [3.8, 4) is 0 Å². The highest BCUT2D eigenvalue weighted by atomic mass is 79.9. The minimum absolute atomic E-state index is 0.0851. The van der Waals surface area contributed by atoms with Crippen molar-refractivity contribution in [2.24, 2.45) is 0 Å². The molecule has 0 fully saturated rings. The third-order valence-corrected chi connectivity index (χ3v) is 2.52. The molecule has 1 aromatic carbocycles. The van der Waals surface area contributed by atoms with Crippen molar-refractivity contribution in [3.63, 3.8) is 0 Å². The third kappa shape index (κ3) is 1.50. The Morgan fingerprint density at radius 3 is 2.50 bits per heavy atom. The molecule has 1 nitrogen and oxygen atoms in total. The van der Waals surface area contributed by atoms with Gasteiger partial charge in [-0.25, -0.2) is 13.8 Å². The van der Waals surface area contributed by atoms with E-state index in [4.69, 9.17) is 0 Å². The summed E-state index contributed by atoms with van der Waals surface area (Å²) in [6.45, 7) is 0. The van der Waals surface area contributed by atoms with Crippen molar-refractivity contribution in [1.29, 1.82) is 0 Å². The number of pyridine rings is 1. The zero-order valence-electron chi connectivity index (χ0n) is 7.10. The smallest absolute Gasteiger partial charge is 0.149 e. The molecule has 1 heterocycles. The Hall–Kier alpha value is -1.03. The van der Waals surface area contributed by atoms with Gasteiger partial charge in [0.25, 0.3) is 0 Å². The van der Waals surface area contributed by atoms with Crippen LogP contribution in [-0.2, 0) is 5.33 Å². The second kappa shape index (κ2) is 3.61. The summed E-state index contributed by atoms with van der Waals surface area (Å²) in [5, 5.41) is 0.744. The fourth-order valence-electron chi connectivity index (χ4n) is 1.26. The van der Waals surface area contributed by atoms with Crippen LogP contribution in [0.15, 0.2) is 24.3 Å². The van der Waals surface area contributed by atoms with Crippen LogP contribution in [0, 0.1) is 11.6 Å². The van der Waals surface area contributed by atoms with Crippen LogP contribution in [0.3, 0.4) is 0 Å². The molecular formula is C10H6BrF2N. The molecule has 0 aliphatic carbocycles. The maximum absolute atomic E-state index is 13.2. The van der Waals surface area contributed by atoms with E-state index in [0.717, 1.165) is 12.1 Å². The number of aromatic nitrogens is 1. The Bertz CT molecular complexity index is 485. The summed E-state index contributed by atoms with van der Waals surface area (Å²) in [7, 11) is 0. The number of fused-ring (bicyclic) bond motifs is 1. The van der Waals surface area contributed by atoms with Gasteiger partial charge in [-0.2, -0.15) is 0 Å². The highest BCUT2D eigenvalue weighted by molar-refractivity contribution is 9.08. The summed E-state index contributed by atoms with van der Waals surface area (Å²) in [5.74, 6) is -0.945. The standard InChI is InChI=1S/C10H6BrF2N/c11-5-6-1-2-7-8(12)3-4-9(13)10(7)14-6/h1-4H,5H2. The molecule has 14 heavy (non-hydrogen) atoms. The summed E-state index contributed by atoms with van der Waals surface area (Å²) in [6.07, 6.45) is 0. The molecule has 0 saturated carbocycles. The molecule has 0 bridgehead atoms. The van der Waals surface area contributed by atoms with Crippen molar-refractivity contribution in [2.75, 3.05) is 0 Å². The lowest BCUT2D eigenvalue weighted by atomic mass is 10.2. The first kappa shape index (κ1) is 9.52. The van der Waals surface area contributed by atoms with Crippen LogP contribution in [0.25, 0.3) is 10.9 Å². The fourth-order valence-corrected chi connectivity index (χ4v) is 1.58. The maximum atomic E-state index is 13.2. The Morgan fingerprint density at radius 2 is 1.79 bits per heavy atom. The van der Waals surface area contributed by atoms with E-state index in [0.29, 0.717) is 11.0 Å². The first-order valence-electron chi connectivity index (χ1n) is 4.02. The van der Waals surface area contributed by atoms with Crippen LogP contribution in [0.2, 0.25) is 0 Å². The third-order valence-electron chi connectivity index (χ3n) is 1.95. The van der Waals surface area contributed by atoms with Crippen molar-refractivity contribution >= 4 is 26.8 Å². The van der Waals surface area contributed by atoms with Crippen molar-refractivity contribution in [2.45, 2.75) is 5.33 Å². The van der Waals surface area contributed by atoms with Gasteiger partial charge in [-0.3, -0.25) is 0 Å². The van der Waals surface area contributed by atoms with Gasteiger partial charge in [0.1, 0.15) is 17.2 Å². The van der Waals surface area contributed by atoms with Crippen molar-refractivity contribution in [3.05, 3.63) is 41.6 Å². The van der Waals surface area contributed by atoms with Gasteiger partial charge >= 0.3 is 0 Å². The van der Waals surface area contributed by atoms with Gasteiger partial charge in [0, 0.05) is 10.7 Å². The summed E-state index contributed by atoms with van der Waals surface area (Å²) in [5.41, 5.74) is 0.768. The predicted octanol–water partition coefficient (Wildman–Crippen LogP) is 3.41. The Morgan fingerprint density at radius 1 is 1.07 bits per heavy atom. The van der Waals surface area contributed by atoms with Crippen LogP contribution < -0.4 is 0 Å². The minimum Gasteiger partial charge on any atom is -0.249 e. The lowest BCUT2D eigenvalue weighted by Gasteiger charge is -2.01. The highest BCUT2D eigenvalue weighted by Gasteiger charge is 2.07. The molecule has 0 aliphatic rings. The molecule has 1 aromatic heterocycles. The summed E-state index contributed by atoms with van der Waals surface area (Å²) < 4.78 is 26.4. The van der Waals surface area contributed by atoms with E-state index in [1.165, 1.54) is 6.07 Å². The second-order valence-corrected chi connectivity index (χ2v) is 3.42. The van der Waals surface area contributed by atoms with E-state index < -0.39 is 11.6 Å². The normalized spacial score (nSPS) is 10.8. The van der Waals surface area contributed by atoms with Crippen LogP contribution in [0.4, 0.5) is 8.78 Å². The molecule has 0 radical (unpaired) electrons. The average Bonchev–Trinajstić information content (AvgIpc) is 2.23. The van der Waals surface area contributed by atoms with Crippen molar-refractivity contribution in [1.82, 2.24) is 4.98 Å². The minimum atomic E-state index is -0.496. The zero-order chi connectivity index (χ0) is 10.1. The van der Waals surface area contributed by atoms with Crippen molar-refractivity contribution < 1.29 is 8.78 Å². The summed E-state index contributed by atoms with van der Waals surface area (Å²) in [4.78, 5) is 3.99. The first-order chi connectivity index (χ1) is 6.72. The van der Waals surface area contributed by atoms with Crippen LogP contribution in [0.1, 0.15) is 5.69 Å². The molecule has 72 valence electrons. The topological polar surface area (TPSA) is 12.9 Å². The van der Waals surface area contributed by atoms with Crippen LogP contribution in [-0.4, -0.2) is 4.98 Å². The molecule has 4 heteroatoms. The summed E-state index contributed by atoms with van der Waals surface area (Å²) >= 11 is 3.21. The van der Waals surface area contributed by atoms with E-state index in [1.54, 1.807) is 6.07 Å². The van der Waals surface area contributed by atoms with Crippen LogP contribution in [0.5, 0.6) is 0 Å². The van der Waals surface area contributed by atoms with Gasteiger partial charge in [0.05, 0.1) is 5.69 Å². The monoisotopic (exact) mass is 257 g/mol. The number of rotatable bonds is 1. The number of hydrogen-bond donors (Lipinski definition) is 0. The quantitative estimate of drug-likeness (QED) is 0.714. The maximum Gasteiger partial charge on any atom is 0.149 e. The van der Waals surface area contributed by atoms with Crippen LogP contribution >= 0.6 is 15.9 Å². The van der Waals surface area contributed by atoms with Gasteiger partial charge in [0.2, 0.25) is 0 Å². The molecule has 0 spiro atoms. The van der Waals surface area contributed by atoms with Gasteiger partial charge in [-0.05, 0) is 24.3 Å². The average molecular weight is 258 g/mol. The molecule has 0 saturated heterocycles. The molecule has 0 amide bonds. The lowest BCUT2D eigenvalue weighted by Crippen LogP contribution is -1.91. The van der Waals surface area contributed by atoms with E-state index >= 15 is 0 Å².